The molecule has 0 amide bonds. The molecule has 1 aliphatic heterocycles. The first-order chi connectivity index (χ1) is 10.3. The number of anilines is 1. The Bertz CT molecular complexity index is 767. The lowest BCUT2D eigenvalue weighted by atomic mass is 9.97. The normalized spacial score (nSPS) is 19.3. The second-order valence-corrected chi connectivity index (χ2v) is 6.21. The summed E-state index contributed by atoms with van der Waals surface area (Å²) in [4.78, 5) is 15.5. The number of rotatable bonds is 2. The van der Waals surface area contributed by atoms with Gasteiger partial charge in [0.1, 0.15) is 12.1 Å². The van der Waals surface area contributed by atoms with Crippen molar-refractivity contribution < 1.29 is 4.52 Å². The number of nitrogens with zero attached hydrogens (tertiary/aromatic N) is 5. The van der Waals surface area contributed by atoms with Gasteiger partial charge in [-0.2, -0.15) is 4.98 Å². The van der Waals surface area contributed by atoms with E-state index in [-0.39, 0.29) is 0 Å². The van der Waals surface area contributed by atoms with E-state index in [4.69, 9.17) is 4.52 Å². The largest absolute Gasteiger partial charge is 0.355 e. The highest BCUT2D eigenvalue weighted by atomic mass is 32.1. The molecule has 6 nitrogen and oxygen atoms in total. The molecule has 0 aromatic carbocycles. The van der Waals surface area contributed by atoms with Crippen LogP contribution in [0.5, 0.6) is 0 Å². The number of aryl methyl sites for hydroxylation is 1. The third-order valence-corrected chi connectivity index (χ3v) is 4.75. The van der Waals surface area contributed by atoms with Crippen LogP contribution in [0.3, 0.4) is 0 Å². The lowest BCUT2D eigenvalue weighted by Crippen LogP contribution is -2.35. The molecule has 0 spiro atoms. The highest BCUT2D eigenvalue weighted by Crippen LogP contribution is 2.33. The van der Waals surface area contributed by atoms with E-state index in [2.05, 4.69) is 30.4 Å². The summed E-state index contributed by atoms with van der Waals surface area (Å²) in [5.41, 5.74) is 1.02. The lowest BCUT2D eigenvalue weighted by molar-refractivity contribution is 0.377. The number of hydrogen-bond acceptors (Lipinski definition) is 7. The van der Waals surface area contributed by atoms with E-state index >= 15 is 0 Å². The SMILES string of the molecule is Cc1nc([C@@H]2CCCN(c3ncnc4ccsc34)C2)no1. The predicted molar refractivity (Wildman–Crippen MR) is 80.6 cm³/mol. The quantitative estimate of drug-likeness (QED) is 0.725. The molecule has 7 heteroatoms. The van der Waals surface area contributed by atoms with Gasteiger partial charge < -0.3 is 9.42 Å². The van der Waals surface area contributed by atoms with Crippen LogP contribution in [-0.4, -0.2) is 33.2 Å². The van der Waals surface area contributed by atoms with Crippen molar-refractivity contribution in [2.24, 2.45) is 0 Å². The van der Waals surface area contributed by atoms with E-state index < -0.39 is 0 Å². The molecule has 3 aromatic rings. The Morgan fingerprint density at radius 3 is 3.19 bits per heavy atom. The molecule has 4 heterocycles. The van der Waals surface area contributed by atoms with Gasteiger partial charge in [-0.3, -0.25) is 0 Å². The van der Waals surface area contributed by atoms with Crippen LogP contribution < -0.4 is 4.90 Å². The average molecular weight is 301 g/mol. The van der Waals surface area contributed by atoms with Crippen LogP contribution in [0.4, 0.5) is 5.82 Å². The number of piperidine rings is 1. The van der Waals surface area contributed by atoms with Gasteiger partial charge in [0.05, 0.1) is 10.2 Å². The summed E-state index contributed by atoms with van der Waals surface area (Å²) >= 11 is 1.69. The monoisotopic (exact) mass is 301 g/mol. The minimum atomic E-state index is 0.307. The van der Waals surface area contributed by atoms with Crippen molar-refractivity contribution in [2.75, 3.05) is 18.0 Å². The van der Waals surface area contributed by atoms with E-state index in [0.29, 0.717) is 11.8 Å². The third-order valence-electron chi connectivity index (χ3n) is 3.85. The van der Waals surface area contributed by atoms with E-state index in [1.807, 2.05) is 13.0 Å². The smallest absolute Gasteiger partial charge is 0.223 e. The van der Waals surface area contributed by atoms with Crippen molar-refractivity contribution in [1.82, 2.24) is 20.1 Å². The Morgan fingerprint density at radius 2 is 2.33 bits per heavy atom. The van der Waals surface area contributed by atoms with Crippen molar-refractivity contribution >= 4 is 27.4 Å². The van der Waals surface area contributed by atoms with Gasteiger partial charge in [-0.05, 0) is 24.3 Å². The summed E-state index contributed by atoms with van der Waals surface area (Å²) in [5, 5.41) is 6.14. The molecule has 0 unspecified atom stereocenters. The molecule has 0 radical (unpaired) electrons. The molecule has 0 aliphatic carbocycles. The van der Waals surface area contributed by atoms with Gasteiger partial charge in [0.25, 0.3) is 0 Å². The molecule has 21 heavy (non-hydrogen) atoms. The number of fused-ring (bicyclic) bond motifs is 1. The fourth-order valence-electron chi connectivity index (χ4n) is 2.86. The molecule has 0 N–H and O–H groups in total. The maximum Gasteiger partial charge on any atom is 0.223 e. The molecule has 0 saturated carbocycles. The first-order valence-electron chi connectivity index (χ1n) is 7.04. The molecule has 108 valence electrons. The zero-order valence-electron chi connectivity index (χ0n) is 11.7. The van der Waals surface area contributed by atoms with Crippen molar-refractivity contribution in [1.29, 1.82) is 0 Å². The Morgan fingerprint density at radius 1 is 1.38 bits per heavy atom. The maximum absolute atomic E-state index is 5.11. The predicted octanol–water partition coefficient (Wildman–Crippen LogP) is 2.77. The van der Waals surface area contributed by atoms with E-state index in [0.717, 1.165) is 47.8 Å². The highest BCUT2D eigenvalue weighted by Gasteiger charge is 2.26. The molecule has 1 atom stereocenters. The summed E-state index contributed by atoms with van der Waals surface area (Å²) in [5.74, 6) is 2.78. The molecular formula is C14H15N5OS. The Hall–Kier alpha value is -2.02. The minimum Gasteiger partial charge on any atom is -0.355 e. The molecule has 1 saturated heterocycles. The summed E-state index contributed by atoms with van der Waals surface area (Å²) in [7, 11) is 0. The highest BCUT2D eigenvalue weighted by molar-refractivity contribution is 7.17. The van der Waals surface area contributed by atoms with Crippen LogP contribution >= 0.6 is 11.3 Å². The van der Waals surface area contributed by atoms with Crippen LogP contribution in [0.25, 0.3) is 10.2 Å². The van der Waals surface area contributed by atoms with E-state index in [1.54, 1.807) is 17.7 Å². The summed E-state index contributed by atoms with van der Waals surface area (Å²) in [6.45, 7) is 3.72. The average Bonchev–Trinajstić information content (AvgIpc) is 3.15. The molecular weight excluding hydrogens is 286 g/mol. The van der Waals surface area contributed by atoms with Crippen molar-refractivity contribution in [3.05, 3.63) is 29.5 Å². The van der Waals surface area contributed by atoms with Crippen LogP contribution in [0, 0.1) is 6.92 Å². The Kier molecular flexibility index (Phi) is 3.07. The summed E-state index contributed by atoms with van der Waals surface area (Å²) in [6.07, 6.45) is 3.84. The Labute approximate surface area is 125 Å². The zero-order valence-corrected chi connectivity index (χ0v) is 12.5. The van der Waals surface area contributed by atoms with Gasteiger partial charge in [-0.1, -0.05) is 5.16 Å². The van der Waals surface area contributed by atoms with Crippen LogP contribution in [-0.2, 0) is 0 Å². The van der Waals surface area contributed by atoms with Crippen LogP contribution in [0.15, 0.2) is 22.3 Å². The summed E-state index contributed by atoms with van der Waals surface area (Å²) < 4.78 is 6.27. The standard InChI is InChI=1S/C14H15N5OS/c1-9-17-13(18-20-9)10-3-2-5-19(7-10)14-12-11(4-6-21-12)15-8-16-14/h4,6,8,10H,2-3,5,7H2,1H3/t10-/m1/s1. The number of thiophene rings is 1. The van der Waals surface area contributed by atoms with Gasteiger partial charge in [0, 0.05) is 25.9 Å². The minimum absolute atomic E-state index is 0.307. The van der Waals surface area contributed by atoms with Crippen molar-refractivity contribution in [3.8, 4) is 0 Å². The Balaban J connectivity index is 1.65. The van der Waals surface area contributed by atoms with Crippen LogP contribution in [0.2, 0.25) is 0 Å². The second-order valence-electron chi connectivity index (χ2n) is 5.29. The van der Waals surface area contributed by atoms with Gasteiger partial charge in [-0.25, -0.2) is 9.97 Å². The number of hydrogen-bond donors (Lipinski definition) is 0. The lowest BCUT2D eigenvalue weighted by Gasteiger charge is -2.32. The van der Waals surface area contributed by atoms with Crippen molar-refractivity contribution in [3.63, 3.8) is 0 Å². The molecule has 1 aliphatic rings. The van der Waals surface area contributed by atoms with Crippen LogP contribution in [0.1, 0.15) is 30.5 Å². The molecule has 1 fully saturated rings. The fraction of sp³-hybridized carbons (Fsp3) is 0.429. The van der Waals surface area contributed by atoms with E-state index in [1.165, 1.54) is 0 Å². The second kappa shape index (κ2) is 5.07. The zero-order chi connectivity index (χ0) is 14.2. The topological polar surface area (TPSA) is 67.9 Å². The third kappa shape index (κ3) is 2.27. The summed E-state index contributed by atoms with van der Waals surface area (Å²) in [6, 6.07) is 2.04. The maximum atomic E-state index is 5.11. The van der Waals surface area contributed by atoms with Gasteiger partial charge in [0.2, 0.25) is 5.89 Å². The first-order valence-corrected chi connectivity index (χ1v) is 7.92. The molecule has 0 bridgehead atoms. The van der Waals surface area contributed by atoms with Gasteiger partial charge >= 0.3 is 0 Å². The fourth-order valence-corrected chi connectivity index (χ4v) is 3.72. The van der Waals surface area contributed by atoms with Gasteiger partial charge in [0.15, 0.2) is 5.82 Å². The van der Waals surface area contributed by atoms with Gasteiger partial charge in [-0.15, -0.1) is 11.3 Å². The first kappa shape index (κ1) is 12.7. The van der Waals surface area contributed by atoms with E-state index in [9.17, 15) is 0 Å². The molecule has 3 aromatic heterocycles. The van der Waals surface area contributed by atoms with Crippen molar-refractivity contribution in [2.45, 2.75) is 25.7 Å². The molecule has 4 rings (SSSR count). The number of aromatic nitrogens is 4.